The SMILES string of the molecule is COc1cccc(C=NNc2ccc(C)c(C)c2)c1OCc1ccc(F)cc1. The van der Waals surface area contributed by atoms with Crippen molar-refractivity contribution in [1.29, 1.82) is 0 Å². The molecule has 0 aliphatic rings. The number of methoxy groups -OCH3 is 1. The minimum atomic E-state index is -0.272. The van der Waals surface area contributed by atoms with Crippen LogP contribution in [0.15, 0.2) is 65.8 Å². The van der Waals surface area contributed by atoms with Gasteiger partial charge in [0.25, 0.3) is 0 Å². The first kappa shape index (κ1) is 19.4. The van der Waals surface area contributed by atoms with Gasteiger partial charge in [-0.05, 0) is 66.9 Å². The standard InChI is InChI=1S/C23H23FN2O2/c1-16-7-12-21(13-17(16)2)26-25-14-19-5-4-6-22(27-3)23(19)28-15-18-8-10-20(24)11-9-18/h4-14,26H,15H2,1-3H3. The number of hydrazone groups is 1. The predicted octanol–water partition coefficient (Wildman–Crippen LogP) is 5.48. The van der Waals surface area contributed by atoms with E-state index in [9.17, 15) is 4.39 Å². The maximum Gasteiger partial charge on any atom is 0.170 e. The van der Waals surface area contributed by atoms with Gasteiger partial charge in [-0.3, -0.25) is 5.43 Å². The van der Waals surface area contributed by atoms with Crippen molar-refractivity contribution in [3.63, 3.8) is 0 Å². The number of hydrogen-bond donors (Lipinski definition) is 1. The van der Waals surface area contributed by atoms with Gasteiger partial charge in [0, 0.05) is 5.56 Å². The topological polar surface area (TPSA) is 42.8 Å². The van der Waals surface area contributed by atoms with E-state index in [-0.39, 0.29) is 5.82 Å². The zero-order chi connectivity index (χ0) is 19.9. The molecule has 3 aromatic carbocycles. The molecule has 0 saturated heterocycles. The van der Waals surface area contributed by atoms with Crippen molar-refractivity contribution in [2.24, 2.45) is 5.10 Å². The van der Waals surface area contributed by atoms with E-state index in [0.29, 0.717) is 18.1 Å². The number of para-hydroxylation sites is 1. The van der Waals surface area contributed by atoms with Crippen LogP contribution in [0.1, 0.15) is 22.3 Å². The zero-order valence-electron chi connectivity index (χ0n) is 16.2. The Morgan fingerprint density at radius 2 is 1.79 bits per heavy atom. The number of halogens is 1. The van der Waals surface area contributed by atoms with Crippen molar-refractivity contribution in [2.45, 2.75) is 20.5 Å². The average molecular weight is 378 g/mol. The molecular weight excluding hydrogens is 355 g/mol. The second-order valence-electron chi connectivity index (χ2n) is 6.46. The Kier molecular flexibility index (Phi) is 6.27. The van der Waals surface area contributed by atoms with E-state index in [0.717, 1.165) is 16.8 Å². The molecule has 5 heteroatoms. The smallest absolute Gasteiger partial charge is 0.170 e. The molecule has 0 atom stereocenters. The summed E-state index contributed by atoms with van der Waals surface area (Å²) >= 11 is 0. The fourth-order valence-electron chi connectivity index (χ4n) is 2.67. The largest absolute Gasteiger partial charge is 0.493 e. The summed E-state index contributed by atoms with van der Waals surface area (Å²) < 4.78 is 24.5. The summed E-state index contributed by atoms with van der Waals surface area (Å²) in [7, 11) is 1.59. The summed E-state index contributed by atoms with van der Waals surface area (Å²) in [6.45, 7) is 4.43. The van der Waals surface area contributed by atoms with Crippen LogP contribution >= 0.6 is 0 Å². The quantitative estimate of drug-likeness (QED) is 0.437. The maximum absolute atomic E-state index is 13.1. The maximum atomic E-state index is 13.1. The lowest BCUT2D eigenvalue weighted by Crippen LogP contribution is -2.01. The molecule has 0 radical (unpaired) electrons. The molecule has 0 aliphatic carbocycles. The zero-order valence-corrected chi connectivity index (χ0v) is 16.2. The summed E-state index contributed by atoms with van der Waals surface area (Å²) in [5.41, 5.74) is 8.02. The number of benzene rings is 3. The molecule has 0 spiro atoms. The van der Waals surface area contributed by atoms with Gasteiger partial charge >= 0.3 is 0 Å². The molecule has 28 heavy (non-hydrogen) atoms. The van der Waals surface area contributed by atoms with Crippen LogP contribution < -0.4 is 14.9 Å². The van der Waals surface area contributed by atoms with Crippen molar-refractivity contribution in [2.75, 3.05) is 12.5 Å². The molecule has 3 aromatic rings. The highest BCUT2D eigenvalue weighted by Crippen LogP contribution is 2.31. The molecule has 0 aliphatic heterocycles. The van der Waals surface area contributed by atoms with Crippen LogP contribution in [-0.4, -0.2) is 13.3 Å². The Balaban J connectivity index is 1.76. The normalized spacial score (nSPS) is 10.9. The number of rotatable bonds is 7. The van der Waals surface area contributed by atoms with Gasteiger partial charge < -0.3 is 9.47 Å². The van der Waals surface area contributed by atoms with Crippen molar-refractivity contribution < 1.29 is 13.9 Å². The van der Waals surface area contributed by atoms with Crippen molar-refractivity contribution in [1.82, 2.24) is 0 Å². The third kappa shape index (κ3) is 4.88. The summed E-state index contributed by atoms with van der Waals surface area (Å²) in [5, 5.41) is 4.33. The van der Waals surface area contributed by atoms with Crippen LogP contribution in [0.25, 0.3) is 0 Å². The van der Waals surface area contributed by atoms with Crippen LogP contribution in [0.5, 0.6) is 11.5 Å². The molecule has 0 heterocycles. The van der Waals surface area contributed by atoms with Crippen molar-refractivity contribution >= 4 is 11.9 Å². The Bertz CT molecular complexity index is 969. The van der Waals surface area contributed by atoms with Crippen LogP contribution in [0.2, 0.25) is 0 Å². The second kappa shape index (κ2) is 9.04. The fraction of sp³-hybridized carbons (Fsp3) is 0.174. The van der Waals surface area contributed by atoms with E-state index >= 15 is 0 Å². The predicted molar refractivity (Wildman–Crippen MR) is 111 cm³/mol. The van der Waals surface area contributed by atoms with Gasteiger partial charge in [-0.15, -0.1) is 0 Å². The minimum Gasteiger partial charge on any atom is -0.493 e. The highest BCUT2D eigenvalue weighted by molar-refractivity contribution is 5.85. The van der Waals surface area contributed by atoms with E-state index in [1.165, 1.54) is 23.3 Å². The van der Waals surface area contributed by atoms with Gasteiger partial charge in [-0.2, -0.15) is 5.10 Å². The average Bonchev–Trinajstić information content (AvgIpc) is 2.70. The van der Waals surface area contributed by atoms with Crippen LogP contribution in [0.3, 0.4) is 0 Å². The molecule has 0 fully saturated rings. The molecule has 0 bridgehead atoms. The van der Waals surface area contributed by atoms with E-state index in [4.69, 9.17) is 9.47 Å². The molecule has 1 N–H and O–H groups in total. The van der Waals surface area contributed by atoms with Crippen LogP contribution in [0.4, 0.5) is 10.1 Å². The highest BCUT2D eigenvalue weighted by atomic mass is 19.1. The molecule has 3 rings (SSSR count). The molecule has 0 amide bonds. The van der Waals surface area contributed by atoms with Gasteiger partial charge in [0.15, 0.2) is 11.5 Å². The van der Waals surface area contributed by atoms with Gasteiger partial charge in [0.1, 0.15) is 12.4 Å². The van der Waals surface area contributed by atoms with E-state index in [1.54, 1.807) is 25.5 Å². The highest BCUT2D eigenvalue weighted by Gasteiger charge is 2.10. The van der Waals surface area contributed by atoms with Gasteiger partial charge in [-0.25, -0.2) is 4.39 Å². The Morgan fingerprint density at radius 1 is 1.00 bits per heavy atom. The van der Waals surface area contributed by atoms with Gasteiger partial charge in [0.2, 0.25) is 0 Å². The summed E-state index contributed by atoms with van der Waals surface area (Å²) in [4.78, 5) is 0. The first-order valence-corrected chi connectivity index (χ1v) is 8.97. The molecule has 0 saturated carbocycles. The van der Waals surface area contributed by atoms with Crippen molar-refractivity contribution in [3.05, 3.63) is 88.7 Å². The lowest BCUT2D eigenvalue weighted by atomic mass is 10.1. The van der Waals surface area contributed by atoms with Gasteiger partial charge in [0.05, 0.1) is 19.0 Å². The molecule has 4 nitrogen and oxygen atoms in total. The number of hydrogen-bond acceptors (Lipinski definition) is 4. The van der Waals surface area contributed by atoms with Crippen LogP contribution in [0, 0.1) is 19.7 Å². The summed E-state index contributed by atoms with van der Waals surface area (Å²) in [6.07, 6.45) is 1.69. The second-order valence-corrected chi connectivity index (χ2v) is 6.46. The molecule has 0 aromatic heterocycles. The van der Waals surface area contributed by atoms with E-state index in [1.807, 2.05) is 30.3 Å². The Hall–Kier alpha value is -3.34. The Morgan fingerprint density at radius 3 is 2.50 bits per heavy atom. The number of nitrogens with zero attached hydrogens (tertiary/aromatic N) is 1. The third-order valence-corrected chi connectivity index (χ3v) is 4.43. The minimum absolute atomic E-state index is 0.272. The summed E-state index contributed by atoms with van der Waals surface area (Å²) in [6, 6.07) is 17.9. The van der Waals surface area contributed by atoms with Crippen LogP contribution in [-0.2, 0) is 6.61 Å². The lowest BCUT2D eigenvalue weighted by molar-refractivity contribution is 0.284. The molecule has 0 unspecified atom stereocenters. The number of nitrogens with one attached hydrogen (secondary N) is 1. The molecular formula is C23H23FN2O2. The third-order valence-electron chi connectivity index (χ3n) is 4.43. The molecule has 144 valence electrons. The Labute approximate surface area is 164 Å². The lowest BCUT2D eigenvalue weighted by Gasteiger charge is -2.13. The summed E-state index contributed by atoms with van der Waals surface area (Å²) in [5.74, 6) is 0.920. The van der Waals surface area contributed by atoms with Crippen molar-refractivity contribution in [3.8, 4) is 11.5 Å². The van der Waals surface area contributed by atoms with E-state index < -0.39 is 0 Å². The first-order valence-electron chi connectivity index (χ1n) is 8.97. The first-order chi connectivity index (χ1) is 13.6. The number of ether oxygens (including phenoxy) is 2. The van der Waals surface area contributed by atoms with E-state index in [2.05, 4.69) is 30.4 Å². The fourth-order valence-corrected chi connectivity index (χ4v) is 2.67. The number of anilines is 1. The monoisotopic (exact) mass is 378 g/mol. The van der Waals surface area contributed by atoms with Gasteiger partial charge in [-0.1, -0.05) is 24.3 Å². The number of aryl methyl sites for hydroxylation is 2.